The molecule has 0 N–H and O–H groups in total. The second-order valence-corrected chi connectivity index (χ2v) is 10.8. The van der Waals surface area contributed by atoms with Crippen LogP contribution in [0.1, 0.15) is 89.9 Å². The lowest BCUT2D eigenvalue weighted by atomic mass is 9.90. The fraction of sp³-hybridized carbons (Fsp3) is 0.812. The van der Waals surface area contributed by atoms with Gasteiger partial charge in [-0.05, 0) is 25.7 Å². The van der Waals surface area contributed by atoms with Crippen molar-refractivity contribution < 1.29 is 28.5 Å². The van der Waals surface area contributed by atoms with E-state index in [1.54, 1.807) is 0 Å². The lowest BCUT2D eigenvalue weighted by Gasteiger charge is -2.28. The SMILES string of the molecule is O=C([C]1CCCCCCC1)N1CCOCCOCCN(C(=O)[C]2CCCCCCC2)CCOCCOCC1.[CH2].[CH2]. The second-order valence-electron chi connectivity index (χ2n) is 10.8. The Labute approximate surface area is 245 Å². The quantitative estimate of drug-likeness (QED) is 0.469. The number of nitrogens with zero attached hydrogens (tertiary/aromatic N) is 2. The zero-order chi connectivity index (χ0) is 26.7. The minimum absolute atomic E-state index is 0. The van der Waals surface area contributed by atoms with Crippen molar-refractivity contribution >= 4 is 11.8 Å². The van der Waals surface area contributed by atoms with E-state index in [9.17, 15) is 9.59 Å². The zero-order valence-corrected chi connectivity index (χ0v) is 25.1. The van der Waals surface area contributed by atoms with Crippen LogP contribution in [0.2, 0.25) is 0 Å². The summed E-state index contributed by atoms with van der Waals surface area (Å²) < 4.78 is 23.3. The third-order valence-corrected chi connectivity index (χ3v) is 7.86. The summed E-state index contributed by atoms with van der Waals surface area (Å²) in [4.78, 5) is 30.3. The molecule has 8 heteroatoms. The van der Waals surface area contributed by atoms with Gasteiger partial charge in [0.2, 0.25) is 11.8 Å². The zero-order valence-electron chi connectivity index (χ0n) is 25.1. The van der Waals surface area contributed by atoms with Crippen LogP contribution in [-0.4, -0.2) is 101 Å². The molecule has 3 rings (SSSR count). The monoisotopic (exact) mass is 564 g/mol. The molecule has 6 radical (unpaired) electrons. The highest BCUT2D eigenvalue weighted by atomic mass is 16.5. The van der Waals surface area contributed by atoms with Gasteiger partial charge in [0.25, 0.3) is 0 Å². The third kappa shape index (κ3) is 14.6. The first-order valence-electron chi connectivity index (χ1n) is 15.3. The van der Waals surface area contributed by atoms with Gasteiger partial charge < -0.3 is 28.7 Å². The molecule has 0 unspecified atom stereocenters. The molecule has 2 amide bonds. The van der Waals surface area contributed by atoms with Crippen molar-refractivity contribution in [2.45, 2.75) is 89.9 Å². The molecule has 2 saturated carbocycles. The van der Waals surface area contributed by atoms with Gasteiger partial charge in [-0.15, -0.1) is 0 Å². The van der Waals surface area contributed by atoms with Crippen molar-refractivity contribution in [1.82, 2.24) is 9.80 Å². The second kappa shape index (κ2) is 23.4. The van der Waals surface area contributed by atoms with Crippen molar-refractivity contribution in [2.75, 3.05) is 79.0 Å². The number of rotatable bonds is 2. The summed E-state index contributed by atoms with van der Waals surface area (Å²) in [6, 6.07) is 0. The van der Waals surface area contributed by atoms with Crippen LogP contribution in [0.25, 0.3) is 0 Å². The van der Waals surface area contributed by atoms with E-state index in [1.807, 2.05) is 9.80 Å². The number of hydrogen-bond acceptors (Lipinski definition) is 6. The van der Waals surface area contributed by atoms with E-state index in [0.717, 1.165) is 63.2 Å². The van der Waals surface area contributed by atoms with Crippen LogP contribution >= 0.6 is 0 Å². The van der Waals surface area contributed by atoms with Gasteiger partial charge in [-0.25, -0.2) is 0 Å². The van der Waals surface area contributed by atoms with Crippen LogP contribution in [0.4, 0.5) is 0 Å². The maximum absolute atomic E-state index is 13.3. The predicted octanol–water partition coefficient (Wildman–Crippen LogP) is 5.02. The molecule has 0 atom stereocenters. The minimum Gasteiger partial charge on any atom is -0.377 e. The standard InChI is InChI=1S/C30H52N2O6.2CH2/c33-29(27-11-7-3-1-4-8-12-27)31-15-19-35-23-25-37-21-17-32(18-22-38-26-24-36-20-16-31)30(34)28-13-9-5-2-6-10-14-28;;/h1-26H2;2*1H2. The van der Waals surface area contributed by atoms with Gasteiger partial charge >= 0.3 is 0 Å². The average molecular weight is 565 g/mol. The maximum atomic E-state index is 13.3. The molecule has 230 valence electrons. The molecule has 0 aromatic carbocycles. The van der Waals surface area contributed by atoms with Crippen LogP contribution in [0, 0.1) is 26.7 Å². The Morgan fingerprint density at radius 2 is 0.650 bits per heavy atom. The first-order valence-corrected chi connectivity index (χ1v) is 15.3. The molecule has 3 fully saturated rings. The number of carbonyl (C=O) groups excluding carboxylic acids is 2. The molecule has 1 aliphatic heterocycles. The molecular weight excluding hydrogens is 508 g/mol. The van der Waals surface area contributed by atoms with Gasteiger partial charge in [-0.2, -0.15) is 0 Å². The first-order chi connectivity index (χ1) is 18.8. The lowest BCUT2D eigenvalue weighted by Crippen LogP contribution is -2.41. The summed E-state index contributed by atoms with van der Waals surface area (Å²) in [5.74, 6) is 2.48. The fourth-order valence-electron chi connectivity index (χ4n) is 5.51. The Morgan fingerprint density at radius 1 is 0.400 bits per heavy atom. The molecule has 3 aliphatic rings. The van der Waals surface area contributed by atoms with Gasteiger partial charge in [0.05, 0.1) is 64.7 Å². The van der Waals surface area contributed by atoms with Gasteiger partial charge in [-0.1, -0.05) is 79.1 Å². The first kappa shape index (κ1) is 36.8. The van der Waals surface area contributed by atoms with Crippen molar-refractivity contribution in [3.63, 3.8) is 0 Å². The topological polar surface area (TPSA) is 77.5 Å². The highest BCUT2D eigenvalue weighted by molar-refractivity contribution is 5.90. The van der Waals surface area contributed by atoms with Crippen LogP contribution in [0.15, 0.2) is 0 Å². The van der Waals surface area contributed by atoms with Crippen LogP contribution < -0.4 is 0 Å². The molecule has 40 heavy (non-hydrogen) atoms. The molecule has 2 aliphatic carbocycles. The Hall–Kier alpha value is -1.22. The van der Waals surface area contributed by atoms with Crippen LogP contribution in [0.3, 0.4) is 0 Å². The van der Waals surface area contributed by atoms with Gasteiger partial charge in [0.1, 0.15) is 0 Å². The van der Waals surface area contributed by atoms with Crippen molar-refractivity contribution in [2.24, 2.45) is 0 Å². The van der Waals surface area contributed by atoms with Crippen LogP contribution in [0.5, 0.6) is 0 Å². The molecule has 1 heterocycles. The maximum Gasteiger partial charge on any atom is 0.230 e. The highest BCUT2D eigenvalue weighted by Crippen LogP contribution is 2.27. The lowest BCUT2D eigenvalue weighted by molar-refractivity contribution is -0.133. The Kier molecular flexibility index (Phi) is 21.5. The van der Waals surface area contributed by atoms with E-state index in [4.69, 9.17) is 18.9 Å². The Morgan fingerprint density at radius 3 is 0.925 bits per heavy atom. The molecular formula is C32H56N2O6. The van der Waals surface area contributed by atoms with Crippen LogP contribution in [-0.2, 0) is 28.5 Å². The van der Waals surface area contributed by atoms with E-state index in [1.165, 1.54) is 38.5 Å². The summed E-state index contributed by atoms with van der Waals surface area (Å²) in [5.41, 5.74) is 0. The number of carbonyl (C=O) groups is 2. The largest absolute Gasteiger partial charge is 0.377 e. The van der Waals surface area contributed by atoms with Crippen molar-refractivity contribution in [3.8, 4) is 0 Å². The van der Waals surface area contributed by atoms with Gasteiger partial charge in [-0.3, -0.25) is 9.59 Å². The summed E-state index contributed by atoms with van der Waals surface area (Å²) in [6.07, 6.45) is 15.5. The fourth-order valence-corrected chi connectivity index (χ4v) is 5.51. The molecule has 0 spiro atoms. The van der Waals surface area contributed by atoms with Crippen molar-refractivity contribution in [3.05, 3.63) is 26.7 Å². The molecule has 0 aromatic rings. The Balaban J connectivity index is 0.00000400. The van der Waals surface area contributed by atoms with E-state index in [0.29, 0.717) is 79.0 Å². The average Bonchev–Trinajstić information content (AvgIpc) is 2.87. The Bertz CT molecular complexity index is 559. The number of ether oxygens (including phenoxy) is 4. The third-order valence-electron chi connectivity index (χ3n) is 7.86. The van der Waals surface area contributed by atoms with E-state index in [2.05, 4.69) is 0 Å². The summed E-state index contributed by atoms with van der Waals surface area (Å²) in [5, 5.41) is 0. The van der Waals surface area contributed by atoms with E-state index < -0.39 is 0 Å². The van der Waals surface area contributed by atoms with Crippen molar-refractivity contribution in [1.29, 1.82) is 0 Å². The predicted molar refractivity (Wildman–Crippen MR) is 158 cm³/mol. The van der Waals surface area contributed by atoms with E-state index >= 15 is 0 Å². The summed E-state index contributed by atoms with van der Waals surface area (Å²) in [6.45, 7) is 6.06. The molecule has 1 saturated heterocycles. The molecule has 0 bridgehead atoms. The minimum atomic E-state index is 0. The van der Waals surface area contributed by atoms with Gasteiger partial charge in [0.15, 0.2) is 0 Å². The summed E-state index contributed by atoms with van der Waals surface area (Å²) >= 11 is 0. The number of amides is 2. The smallest absolute Gasteiger partial charge is 0.230 e. The van der Waals surface area contributed by atoms with E-state index in [-0.39, 0.29) is 26.7 Å². The number of hydrogen-bond donors (Lipinski definition) is 0. The normalized spacial score (nSPS) is 23.5. The van der Waals surface area contributed by atoms with Gasteiger partial charge in [0, 0.05) is 26.2 Å². The highest BCUT2D eigenvalue weighted by Gasteiger charge is 2.26. The molecule has 0 aromatic heterocycles. The molecule has 8 nitrogen and oxygen atoms in total. The summed E-state index contributed by atoms with van der Waals surface area (Å²) in [7, 11) is 0.